The van der Waals surface area contributed by atoms with Crippen LogP contribution in [-0.2, 0) is 4.79 Å². The summed E-state index contributed by atoms with van der Waals surface area (Å²) in [5.74, 6) is 1.17. The van der Waals surface area contributed by atoms with Crippen molar-refractivity contribution < 1.29 is 23.4 Å². The van der Waals surface area contributed by atoms with E-state index in [1.54, 1.807) is 18.2 Å². The van der Waals surface area contributed by atoms with Gasteiger partial charge in [0.05, 0.1) is 18.7 Å². The van der Waals surface area contributed by atoms with Crippen LogP contribution in [0.3, 0.4) is 0 Å². The summed E-state index contributed by atoms with van der Waals surface area (Å²) in [5.41, 5.74) is 1.33. The highest BCUT2D eigenvalue weighted by atomic mass is 19.1. The Labute approximate surface area is 151 Å². The number of hydrogen-bond donors (Lipinski definition) is 1. The lowest BCUT2D eigenvalue weighted by Gasteiger charge is -2.20. The molecule has 0 spiro atoms. The molecule has 26 heavy (non-hydrogen) atoms. The quantitative estimate of drug-likeness (QED) is 0.773. The number of amides is 1. The minimum atomic E-state index is -0.360. The molecule has 2 aromatic rings. The molecular formula is C20H20FNO4. The van der Waals surface area contributed by atoms with Crippen molar-refractivity contribution in [1.29, 1.82) is 0 Å². The second-order valence-corrected chi connectivity index (χ2v) is 5.63. The van der Waals surface area contributed by atoms with Crippen molar-refractivity contribution in [3.8, 4) is 17.2 Å². The number of fused-ring (bicyclic) bond motifs is 1. The molecule has 0 saturated heterocycles. The molecule has 0 unspecified atom stereocenters. The summed E-state index contributed by atoms with van der Waals surface area (Å²) in [6.07, 6.45) is 1.80. The van der Waals surface area contributed by atoms with Gasteiger partial charge < -0.3 is 19.5 Å². The fraction of sp³-hybridized carbons (Fsp3) is 0.250. The first-order valence-corrected chi connectivity index (χ1v) is 8.43. The van der Waals surface area contributed by atoms with E-state index in [1.807, 2.05) is 25.1 Å². The normalized spacial score (nSPS) is 12.5. The Morgan fingerprint density at radius 2 is 2.08 bits per heavy atom. The highest BCUT2D eigenvalue weighted by Gasteiger charge is 2.19. The maximum atomic E-state index is 13.1. The standard InChI is InChI=1S/C20H20FNO4/c1-2-24-18-8-3-5-14-11-15(13-26-19(14)18)20(23)22-9-10-25-17-7-4-6-16(21)12-17/h3-8,11-12H,2,9-10,13H2,1H3,(H,22,23). The Morgan fingerprint density at radius 3 is 2.88 bits per heavy atom. The van der Waals surface area contributed by atoms with Gasteiger partial charge in [-0.2, -0.15) is 0 Å². The number of carbonyl (C=O) groups is 1. The molecule has 0 aliphatic carbocycles. The molecule has 0 atom stereocenters. The molecule has 6 heteroatoms. The van der Waals surface area contributed by atoms with Gasteiger partial charge in [-0.15, -0.1) is 0 Å². The van der Waals surface area contributed by atoms with Gasteiger partial charge in [0.1, 0.15) is 24.8 Å². The van der Waals surface area contributed by atoms with Crippen molar-refractivity contribution in [2.45, 2.75) is 6.92 Å². The second-order valence-electron chi connectivity index (χ2n) is 5.63. The van der Waals surface area contributed by atoms with Crippen molar-refractivity contribution in [2.24, 2.45) is 0 Å². The second kappa shape index (κ2) is 8.38. The van der Waals surface area contributed by atoms with Crippen LogP contribution in [0.2, 0.25) is 0 Å². The van der Waals surface area contributed by atoms with E-state index in [1.165, 1.54) is 12.1 Å². The molecule has 1 aliphatic rings. The van der Waals surface area contributed by atoms with Gasteiger partial charge in [0.2, 0.25) is 0 Å². The number of rotatable bonds is 7. The Bertz CT molecular complexity index is 819. The van der Waals surface area contributed by atoms with Gasteiger partial charge in [-0.05, 0) is 31.2 Å². The van der Waals surface area contributed by atoms with Crippen LogP contribution in [0.25, 0.3) is 6.08 Å². The highest BCUT2D eigenvalue weighted by Crippen LogP contribution is 2.35. The largest absolute Gasteiger partial charge is 0.492 e. The zero-order chi connectivity index (χ0) is 18.4. The average molecular weight is 357 g/mol. The Balaban J connectivity index is 1.54. The van der Waals surface area contributed by atoms with Gasteiger partial charge in [0, 0.05) is 11.6 Å². The van der Waals surface area contributed by atoms with Crippen molar-refractivity contribution in [3.63, 3.8) is 0 Å². The molecule has 1 heterocycles. The third-order valence-corrected chi connectivity index (χ3v) is 3.76. The van der Waals surface area contributed by atoms with Gasteiger partial charge >= 0.3 is 0 Å². The van der Waals surface area contributed by atoms with Crippen LogP contribution in [0.4, 0.5) is 4.39 Å². The fourth-order valence-electron chi connectivity index (χ4n) is 2.58. The summed E-state index contributed by atoms with van der Waals surface area (Å²) in [6.45, 7) is 3.17. The van der Waals surface area contributed by atoms with Gasteiger partial charge in [0.15, 0.2) is 11.5 Å². The smallest absolute Gasteiger partial charge is 0.250 e. The van der Waals surface area contributed by atoms with Crippen LogP contribution in [0.5, 0.6) is 17.2 Å². The van der Waals surface area contributed by atoms with Crippen LogP contribution in [0, 0.1) is 5.82 Å². The van der Waals surface area contributed by atoms with Crippen LogP contribution in [0.15, 0.2) is 48.0 Å². The first-order chi connectivity index (χ1) is 12.7. The summed E-state index contributed by atoms with van der Waals surface area (Å²) < 4.78 is 29.7. The van der Waals surface area contributed by atoms with Crippen molar-refractivity contribution in [1.82, 2.24) is 5.32 Å². The molecule has 136 valence electrons. The van der Waals surface area contributed by atoms with E-state index >= 15 is 0 Å². The zero-order valence-corrected chi connectivity index (χ0v) is 14.5. The van der Waals surface area contributed by atoms with Gasteiger partial charge in [-0.25, -0.2) is 4.39 Å². The minimum absolute atomic E-state index is 0.174. The maximum Gasteiger partial charge on any atom is 0.250 e. The van der Waals surface area contributed by atoms with E-state index in [4.69, 9.17) is 14.2 Å². The topological polar surface area (TPSA) is 56.8 Å². The lowest BCUT2D eigenvalue weighted by molar-refractivity contribution is -0.117. The highest BCUT2D eigenvalue weighted by molar-refractivity contribution is 5.99. The van der Waals surface area contributed by atoms with Gasteiger partial charge in [0.25, 0.3) is 5.91 Å². The van der Waals surface area contributed by atoms with Crippen LogP contribution in [-0.4, -0.2) is 32.3 Å². The molecule has 1 N–H and O–H groups in total. The molecule has 2 aromatic carbocycles. The van der Waals surface area contributed by atoms with Crippen LogP contribution < -0.4 is 19.5 Å². The number of nitrogens with one attached hydrogen (secondary N) is 1. The number of halogens is 1. The summed E-state index contributed by atoms with van der Waals surface area (Å²) in [6, 6.07) is 11.4. The Hall–Kier alpha value is -3.02. The Kier molecular flexibility index (Phi) is 5.73. The monoisotopic (exact) mass is 357 g/mol. The SMILES string of the molecule is CCOc1cccc2c1OCC(C(=O)NCCOc1cccc(F)c1)=C2. The molecule has 0 fully saturated rings. The van der Waals surface area contributed by atoms with Gasteiger partial charge in [-0.1, -0.05) is 18.2 Å². The van der Waals surface area contributed by atoms with E-state index in [-0.39, 0.29) is 24.9 Å². The molecule has 1 aliphatic heterocycles. The van der Waals surface area contributed by atoms with E-state index < -0.39 is 0 Å². The molecule has 0 radical (unpaired) electrons. The predicted molar refractivity (Wildman–Crippen MR) is 96.0 cm³/mol. The van der Waals surface area contributed by atoms with E-state index in [2.05, 4.69) is 5.32 Å². The minimum Gasteiger partial charge on any atom is -0.492 e. The molecule has 3 rings (SSSR count). The summed E-state index contributed by atoms with van der Waals surface area (Å²) in [5, 5.41) is 2.77. The molecule has 0 saturated carbocycles. The predicted octanol–water partition coefficient (Wildman–Crippen LogP) is 3.20. The molecule has 5 nitrogen and oxygen atoms in total. The summed E-state index contributed by atoms with van der Waals surface area (Å²) in [7, 11) is 0. The number of benzene rings is 2. The first kappa shape index (κ1) is 17.8. The van der Waals surface area contributed by atoms with E-state index in [9.17, 15) is 9.18 Å². The fourth-order valence-corrected chi connectivity index (χ4v) is 2.58. The molecule has 0 aromatic heterocycles. The number of carbonyl (C=O) groups excluding carboxylic acids is 1. The zero-order valence-electron chi connectivity index (χ0n) is 14.5. The van der Waals surface area contributed by atoms with Crippen LogP contribution in [0.1, 0.15) is 12.5 Å². The molecular weight excluding hydrogens is 337 g/mol. The first-order valence-electron chi connectivity index (χ1n) is 8.43. The number of hydrogen-bond acceptors (Lipinski definition) is 4. The van der Waals surface area contributed by atoms with Gasteiger partial charge in [-0.3, -0.25) is 4.79 Å². The van der Waals surface area contributed by atoms with E-state index in [0.717, 1.165) is 5.56 Å². The average Bonchev–Trinajstić information content (AvgIpc) is 2.65. The number of ether oxygens (including phenoxy) is 3. The number of para-hydroxylation sites is 1. The maximum absolute atomic E-state index is 13.1. The lowest BCUT2D eigenvalue weighted by Crippen LogP contribution is -2.31. The third kappa shape index (κ3) is 4.33. The third-order valence-electron chi connectivity index (χ3n) is 3.76. The van der Waals surface area contributed by atoms with E-state index in [0.29, 0.717) is 36.0 Å². The summed E-state index contributed by atoms with van der Waals surface area (Å²) >= 11 is 0. The van der Waals surface area contributed by atoms with Crippen molar-refractivity contribution in [3.05, 3.63) is 59.4 Å². The van der Waals surface area contributed by atoms with Crippen molar-refractivity contribution in [2.75, 3.05) is 26.4 Å². The molecule has 0 bridgehead atoms. The van der Waals surface area contributed by atoms with Crippen molar-refractivity contribution >= 4 is 12.0 Å². The Morgan fingerprint density at radius 1 is 1.23 bits per heavy atom. The summed E-state index contributed by atoms with van der Waals surface area (Å²) in [4.78, 5) is 12.3. The lowest BCUT2D eigenvalue weighted by atomic mass is 10.1. The molecule has 1 amide bonds. The van der Waals surface area contributed by atoms with Crippen LogP contribution >= 0.6 is 0 Å².